The Hall–Kier alpha value is -0.243. The highest BCUT2D eigenvalue weighted by Gasteiger charge is 1.81. The van der Waals surface area contributed by atoms with E-state index in [1.54, 1.807) is 0 Å². The van der Waals surface area contributed by atoms with Gasteiger partial charge < -0.3 is 4.74 Å². The molecule has 1 nitrogen and oxygen atoms in total. The van der Waals surface area contributed by atoms with Crippen molar-refractivity contribution in [2.75, 3.05) is 0 Å². The Bertz CT molecular complexity index is 42.8. The van der Waals surface area contributed by atoms with Crippen molar-refractivity contribution in [1.82, 2.24) is 0 Å². The summed E-state index contributed by atoms with van der Waals surface area (Å²) >= 11 is 0. The molecule has 0 aliphatic rings. The van der Waals surface area contributed by atoms with E-state index in [4.69, 9.17) is 4.74 Å². The van der Waals surface area contributed by atoms with Crippen molar-refractivity contribution in [2.24, 2.45) is 0 Å². The fourth-order valence-corrected chi connectivity index (χ4v) is 0.385. The third-order valence-electron chi connectivity index (χ3n) is 0.368. The second kappa shape index (κ2) is 2.97. The van der Waals surface area contributed by atoms with Crippen LogP contribution in [0.15, 0.2) is 12.8 Å². The van der Waals surface area contributed by atoms with E-state index < -0.39 is 0 Å². The maximum absolute atomic E-state index is 4.87. The zero-order valence-electron chi connectivity index (χ0n) is 4.27. The standard InChI is InChI=1S/C4H10OSi/c1-3-5-4(2)6/h3-4H,1H2,2,6H3. The monoisotopic (exact) mass is 102 g/mol. The van der Waals surface area contributed by atoms with Crippen LogP contribution in [-0.2, 0) is 4.74 Å². The van der Waals surface area contributed by atoms with Crippen molar-refractivity contribution >= 4 is 10.2 Å². The SMILES string of the molecule is C=COC(C)[SiH3]. The van der Waals surface area contributed by atoms with Gasteiger partial charge >= 0.3 is 0 Å². The molecule has 0 saturated heterocycles. The van der Waals surface area contributed by atoms with Gasteiger partial charge in [0.05, 0.1) is 22.2 Å². The molecular weight excluding hydrogens is 92.1 g/mol. The first-order valence-electron chi connectivity index (χ1n) is 2.03. The van der Waals surface area contributed by atoms with Crippen LogP contribution in [0.5, 0.6) is 0 Å². The fourth-order valence-electron chi connectivity index (χ4n) is 0.192. The number of rotatable bonds is 2. The minimum atomic E-state index is 0.419. The van der Waals surface area contributed by atoms with Crippen molar-refractivity contribution in [2.45, 2.75) is 12.7 Å². The van der Waals surface area contributed by atoms with Gasteiger partial charge in [-0.15, -0.1) is 0 Å². The lowest BCUT2D eigenvalue weighted by atomic mass is 10.8. The Kier molecular flexibility index (Phi) is 2.85. The third-order valence-corrected chi connectivity index (χ3v) is 0.641. The zero-order valence-corrected chi connectivity index (χ0v) is 6.27. The minimum Gasteiger partial charge on any atom is -0.504 e. The molecule has 0 aliphatic carbocycles. The Labute approximate surface area is 41.4 Å². The van der Waals surface area contributed by atoms with E-state index in [0.717, 1.165) is 10.2 Å². The predicted molar refractivity (Wildman–Crippen MR) is 30.7 cm³/mol. The van der Waals surface area contributed by atoms with Gasteiger partial charge in [-0.3, -0.25) is 0 Å². The van der Waals surface area contributed by atoms with Gasteiger partial charge in [0.25, 0.3) is 0 Å². The van der Waals surface area contributed by atoms with Gasteiger partial charge in [0.1, 0.15) is 0 Å². The van der Waals surface area contributed by atoms with E-state index in [1.165, 1.54) is 6.26 Å². The molecule has 0 saturated carbocycles. The van der Waals surface area contributed by atoms with Crippen LogP contribution in [-0.4, -0.2) is 16.0 Å². The first-order chi connectivity index (χ1) is 2.77. The molecule has 0 aromatic rings. The molecule has 0 fully saturated rings. The molecule has 0 aromatic carbocycles. The molecule has 6 heavy (non-hydrogen) atoms. The molecule has 0 spiro atoms. The van der Waals surface area contributed by atoms with Crippen LogP contribution in [0.25, 0.3) is 0 Å². The van der Waals surface area contributed by atoms with Crippen LogP contribution in [0.4, 0.5) is 0 Å². The van der Waals surface area contributed by atoms with Crippen molar-refractivity contribution in [3.8, 4) is 0 Å². The van der Waals surface area contributed by atoms with Crippen LogP contribution in [0.2, 0.25) is 0 Å². The van der Waals surface area contributed by atoms with E-state index in [1.807, 2.05) is 6.92 Å². The lowest BCUT2D eigenvalue weighted by molar-refractivity contribution is 0.233. The van der Waals surface area contributed by atoms with E-state index in [-0.39, 0.29) is 0 Å². The second-order valence-electron chi connectivity index (χ2n) is 1.35. The van der Waals surface area contributed by atoms with Crippen LogP contribution in [0, 0.1) is 0 Å². The van der Waals surface area contributed by atoms with Crippen molar-refractivity contribution in [3.63, 3.8) is 0 Å². The van der Waals surface area contributed by atoms with Gasteiger partial charge in [-0.05, 0) is 6.92 Å². The Morgan fingerprint density at radius 2 is 2.50 bits per heavy atom. The maximum Gasteiger partial charge on any atom is 0.0755 e. The summed E-state index contributed by atoms with van der Waals surface area (Å²) in [7, 11) is 1.09. The van der Waals surface area contributed by atoms with Crippen LogP contribution in [0.3, 0.4) is 0 Å². The number of hydrogen-bond donors (Lipinski definition) is 0. The molecule has 0 aromatic heterocycles. The summed E-state index contributed by atoms with van der Waals surface area (Å²) in [6.45, 7) is 5.42. The first kappa shape index (κ1) is 5.76. The van der Waals surface area contributed by atoms with Crippen molar-refractivity contribution < 1.29 is 4.74 Å². The summed E-state index contributed by atoms with van der Waals surface area (Å²) in [4.78, 5) is 0. The molecule has 0 N–H and O–H groups in total. The molecule has 2 heteroatoms. The van der Waals surface area contributed by atoms with Crippen LogP contribution in [0.1, 0.15) is 6.92 Å². The summed E-state index contributed by atoms with van der Waals surface area (Å²) in [5, 5.41) is 0. The number of hydrogen-bond acceptors (Lipinski definition) is 1. The van der Waals surface area contributed by atoms with Crippen molar-refractivity contribution in [1.29, 1.82) is 0 Å². The Balaban J connectivity index is 2.81. The Morgan fingerprint density at radius 3 is 2.50 bits per heavy atom. The lowest BCUT2D eigenvalue weighted by Gasteiger charge is -1.99. The molecule has 0 amide bonds. The van der Waals surface area contributed by atoms with Gasteiger partial charge in [0.15, 0.2) is 0 Å². The average molecular weight is 102 g/mol. The summed E-state index contributed by atoms with van der Waals surface area (Å²) in [5.74, 6) is 0. The van der Waals surface area contributed by atoms with Crippen LogP contribution >= 0.6 is 0 Å². The lowest BCUT2D eigenvalue weighted by Crippen LogP contribution is -2.00. The summed E-state index contributed by atoms with van der Waals surface area (Å²) in [6, 6.07) is 0. The minimum absolute atomic E-state index is 0.419. The van der Waals surface area contributed by atoms with Gasteiger partial charge in [0, 0.05) is 0 Å². The zero-order chi connectivity index (χ0) is 4.99. The summed E-state index contributed by atoms with van der Waals surface area (Å²) < 4.78 is 4.87. The second-order valence-corrected chi connectivity index (χ2v) is 2.98. The highest BCUT2D eigenvalue weighted by atomic mass is 28.1. The topological polar surface area (TPSA) is 9.23 Å². The van der Waals surface area contributed by atoms with Crippen LogP contribution < -0.4 is 0 Å². The normalized spacial score (nSPS) is 13.5. The smallest absolute Gasteiger partial charge is 0.0755 e. The highest BCUT2D eigenvalue weighted by molar-refractivity contribution is 6.10. The van der Waals surface area contributed by atoms with E-state index in [9.17, 15) is 0 Å². The first-order valence-corrected chi connectivity index (χ1v) is 3.19. The van der Waals surface area contributed by atoms with Crippen molar-refractivity contribution in [3.05, 3.63) is 12.8 Å². The highest BCUT2D eigenvalue weighted by Crippen LogP contribution is 1.78. The third kappa shape index (κ3) is 3.76. The molecule has 0 bridgehead atoms. The molecule has 0 heterocycles. The molecule has 0 rings (SSSR count). The molecule has 0 aliphatic heterocycles. The molecule has 1 atom stereocenters. The van der Waals surface area contributed by atoms with Gasteiger partial charge in [-0.25, -0.2) is 0 Å². The molecule has 0 radical (unpaired) electrons. The van der Waals surface area contributed by atoms with Gasteiger partial charge in [-0.1, -0.05) is 6.58 Å². The Morgan fingerprint density at radius 1 is 2.00 bits per heavy atom. The summed E-state index contributed by atoms with van der Waals surface area (Å²) in [6.07, 6.45) is 1.48. The van der Waals surface area contributed by atoms with Gasteiger partial charge in [0.2, 0.25) is 0 Å². The van der Waals surface area contributed by atoms with Gasteiger partial charge in [-0.2, -0.15) is 0 Å². The molecular formula is C4H10OSi. The average Bonchev–Trinajstić information content (AvgIpc) is 1.35. The van der Waals surface area contributed by atoms with E-state index in [2.05, 4.69) is 6.58 Å². The fraction of sp³-hybridized carbons (Fsp3) is 0.500. The molecule has 36 valence electrons. The van der Waals surface area contributed by atoms with E-state index >= 15 is 0 Å². The molecule has 1 unspecified atom stereocenters. The summed E-state index contributed by atoms with van der Waals surface area (Å²) in [5.41, 5.74) is 0.419. The predicted octanol–water partition coefficient (Wildman–Crippen LogP) is -0.142. The quantitative estimate of drug-likeness (QED) is 0.348. The number of ether oxygens (including phenoxy) is 1. The maximum atomic E-state index is 4.87. The largest absolute Gasteiger partial charge is 0.504 e. The van der Waals surface area contributed by atoms with E-state index in [0.29, 0.717) is 5.73 Å².